The van der Waals surface area contributed by atoms with Gasteiger partial charge in [0.25, 0.3) is 0 Å². The highest BCUT2D eigenvalue weighted by Crippen LogP contribution is 2.29. The van der Waals surface area contributed by atoms with Crippen LogP contribution in [0.1, 0.15) is 39.0 Å². The summed E-state index contributed by atoms with van der Waals surface area (Å²) in [6, 6.07) is 2.52. The Balaban J connectivity index is 1.86. The third-order valence-electron chi connectivity index (χ3n) is 4.35. The van der Waals surface area contributed by atoms with Gasteiger partial charge in [0.15, 0.2) is 0 Å². The molecule has 118 valence electrons. The minimum absolute atomic E-state index is 0.0121. The molecular formula is C16H23N5O. The fraction of sp³-hybridized carbons (Fsp3) is 0.562. The van der Waals surface area contributed by atoms with Crippen LogP contribution >= 0.6 is 0 Å². The van der Waals surface area contributed by atoms with Gasteiger partial charge in [-0.3, -0.25) is 4.79 Å². The topological polar surface area (TPSA) is 73.9 Å². The first-order valence-corrected chi connectivity index (χ1v) is 8.05. The van der Waals surface area contributed by atoms with Crippen molar-refractivity contribution in [2.45, 2.75) is 45.1 Å². The second kappa shape index (κ2) is 6.77. The Bertz CT molecular complexity index is 632. The van der Waals surface area contributed by atoms with E-state index < -0.39 is 0 Å². The zero-order valence-electron chi connectivity index (χ0n) is 13.0. The van der Waals surface area contributed by atoms with E-state index in [1.165, 1.54) is 32.1 Å². The molecule has 0 spiro atoms. The molecule has 1 amide bonds. The number of fused-ring (bicyclic) bond motifs is 1. The second-order valence-electron chi connectivity index (χ2n) is 5.91. The maximum Gasteiger partial charge on any atom is 0.216 e. The lowest BCUT2D eigenvalue weighted by atomic mass is 9.94. The molecule has 0 aliphatic heterocycles. The smallest absolute Gasteiger partial charge is 0.216 e. The molecule has 2 N–H and O–H groups in total. The summed E-state index contributed by atoms with van der Waals surface area (Å²) in [4.78, 5) is 25.5. The van der Waals surface area contributed by atoms with Crippen LogP contribution in [0.2, 0.25) is 0 Å². The van der Waals surface area contributed by atoms with Gasteiger partial charge in [-0.15, -0.1) is 0 Å². The van der Waals surface area contributed by atoms with Crippen LogP contribution in [0.25, 0.3) is 11.0 Å². The number of amides is 1. The molecule has 2 aromatic rings. The molecular weight excluding hydrogens is 278 g/mol. The van der Waals surface area contributed by atoms with Crippen molar-refractivity contribution < 1.29 is 4.79 Å². The van der Waals surface area contributed by atoms with Gasteiger partial charge in [0.1, 0.15) is 17.8 Å². The number of nitrogens with zero attached hydrogens (tertiary/aromatic N) is 3. The average molecular weight is 301 g/mol. The van der Waals surface area contributed by atoms with E-state index in [2.05, 4.69) is 25.2 Å². The van der Waals surface area contributed by atoms with Crippen LogP contribution < -0.4 is 10.2 Å². The molecule has 2 heterocycles. The Morgan fingerprint density at radius 3 is 2.95 bits per heavy atom. The van der Waals surface area contributed by atoms with Crippen molar-refractivity contribution >= 4 is 22.8 Å². The van der Waals surface area contributed by atoms with E-state index >= 15 is 0 Å². The molecule has 1 aliphatic carbocycles. The lowest BCUT2D eigenvalue weighted by molar-refractivity contribution is -0.118. The highest BCUT2D eigenvalue weighted by atomic mass is 16.1. The van der Waals surface area contributed by atoms with Crippen molar-refractivity contribution in [2.24, 2.45) is 0 Å². The molecule has 0 bridgehead atoms. The molecule has 6 nitrogen and oxygen atoms in total. The lowest BCUT2D eigenvalue weighted by Gasteiger charge is -2.35. The van der Waals surface area contributed by atoms with Crippen molar-refractivity contribution in [1.29, 1.82) is 0 Å². The summed E-state index contributed by atoms with van der Waals surface area (Å²) in [7, 11) is 0. The first-order valence-electron chi connectivity index (χ1n) is 8.05. The average Bonchev–Trinajstić information content (AvgIpc) is 3.01. The molecule has 0 aromatic carbocycles. The van der Waals surface area contributed by atoms with Gasteiger partial charge in [0.05, 0.1) is 5.39 Å². The third-order valence-corrected chi connectivity index (χ3v) is 4.35. The van der Waals surface area contributed by atoms with E-state index in [0.717, 1.165) is 23.4 Å². The van der Waals surface area contributed by atoms with Crippen LogP contribution in [0.3, 0.4) is 0 Å². The minimum Gasteiger partial charge on any atom is -0.355 e. The van der Waals surface area contributed by atoms with Crippen LogP contribution in [0.15, 0.2) is 18.6 Å². The van der Waals surface area contributed by atoms with E-state index in [1.54, 1.807) is 13.3 Å². The quantitative estimate of drug-likeness (QED) is 0.888. The summed E-state index contributed by atoms with van der Waals surface area (Å²) < 4.78 is 0. The number of carbonyl (C=O) groups is 1. The molecule has 22 heavy (non-hydrogen) atoms. The summed E-state index contributed by atoms with van der Waals surface area (Å²) in [5.74, 6) is 0.988. The molecule has 6 heteroatoms. The van der Waals surface area contributed by atoms with Crippen LogP contribution in [0, 0.1) is 0 Å². The van der Waals surface area contributed by atoms with Crippen LogP contribution in [-0.4, -0.2) is 40.0 Å². The van der Waals surface area contributed by atoms with Crippen molar-refractivity contribution in [2.75, 3.05) is 18.0 Å². The predicted molar refractivity (Wildman–Crippen MR) is 86.8 cm³/mol. The van der Waals surface area contributed by atoms with Crippen molar-refractivity contribution in [3.05, 3.63) is 18.6 Å². The number of anilines is 1. The maximum absolute atomic E-state index is 11.1. The second-order valence-corrected chi connectivity index (χ2v) is 5.91. The number of aromatic amines is 1. The molecule has 2 aromatic heterocycles. The van der Waals surface area contributed by atoms with E-state index in [4.69, 9.17) is 0 Å². The van der Waals surface area contributed by atoms with E-state index in [9.17, 15) is 4.79 Å². The monoisotopic (exact) mass is 301 g/mol. The molecule has 0 atom stereocenters. The van der Waals surface area contributed by atoms with Gasteiger partial charge >= 0.3 is 0 Å². The van der Waals surface area contributed by atoms with Crippen LogP contribution in [0.4, 0.5) is 5.82 Å². The number of carbonyl (C=O) groups excluding carboxylic acids is 1. The Morgan fingerprint density at radius 1 is 1.36 bits per heavy atom. The first kappa shape index (κ1) is 14.8. The Kier molecular flexibility index (Phi) is 4.56. The Labute approximate surface area is 130 Å². The summed E-state index contributed by atoms with van der Waals surface area (Å²) in [5, 5.41) is 3.95. The van der Waals surface area contributed by atoms with Crippen molar-refractivity contribution in [3.63, 3.8) is 0 Å². The number of aromatic nitrogens is 3. The number of nitrogens with one attached hydrogen (secondary N) is 2. The molecule has 0 radical (unpaired) electrons. The normalized spacial score (nSPS) is 15.9. The number of rotatable bonds is 5. The summed E-state index contributed by atoms with van der Waals surface area (Å²) in [6.07, 6.45) is 9.74. The number of hydrogen-bond donors (Lipinski definition) is 2. The van der Waals surface area contributed by atoms with Crippen LogP contribution in [-0.2, 0) is 4.79 Å². The molecule has 0 unspecified atom stereocenters. The highest BCUT2D eigenvalue weighted by molar-refractivity contribution is 5.87. The van der Waals surface area contributed by atoms with Crippen molar-refractivity contribution in [3.8, 4) is 0 Å². The molecule has 1 saturated carbocycles. The van der Waals surface area contributed by atoms with E-state index in [1.807, 2.05) is 12.3 Å². The fourth-order valence-corrected chi connectivity index (χ4v) is 3.29. The SMILES string of the molecule is CC(=O)NCCN(c1ncnc2[nH]ccc12)C1CCCCC1. The van der Waals surface area contributed by atoms with Crippen molar-refractivity contribution in [1.82, 2.24) is 20.3 Å². The van der Waals surface area contributed by atoms with E-state index in [0.29, 0.717) is 12.6 Å². The molecule has 1 aliphatic rings. The zero-order valence-corrected chi connectivity index (χ0v) is 13.0. The standard InChI is InChI=1S/C16H23N5O/c1-12(22)17-9-10-21(13-5-3-2-4-6-13)16-14-7-8-18-15(14)19-11-20-16/h7-8,11,13H,2-6,9-10H2,1H3,(H,17,22)(H,18,19,20). The molecule has 3 rings (SSSR count). The minimum atomic E-state index is 0.0121. The summed E-state index contributed by atoms with van der Waals surface area (Å²) >= 11 is 0. The molecule has 1 fully saturated rings. The van der Waals surface area contributed by atoms with Gasteiger partial charge in [-0.2, -0.15) is 0 Å². The largest absolute Gasteiger partial charge is 0.355 e. The van der Waals surface area contributed by atoms with Gasteiger partial charge < -0.3 is 15.2 Å². The van der Waals surface area contributed by atoms with Gasteiger partial charge in [-0.05, 0) is 18.9 Å². The fourth-order valence-electron chi connectivity index (χ4n) is 3.29. The summed E-state index contributed by atoms with van der Waals surface area (Å²) in [5.41, 5.74) is 0.866. The third kappa shape index (κ3) is 3.21. The Hall–Kier alpha value is -2.11. The first-order chi connectivity index (χ1) is 10.8. The summed E-state index contributed by atoms with van der Waals surface area (Å²) in [6.45, 7) is 2.98. The van der Waals surface area contributed by atoms with Crippen LogP contribution in [0.5, 0.6) is 0 Å². The van der Waals surface area contributed by atoms with Gasteiger partial charge in [-0.25, -0.2) is 9.97 Å². The zero-order chi connectivity index (χ0) is 15.4. The maximum atomic E-state index is 11.1. The van der Waals surface area contributed by atoms with E-state index in [-0.39, 0.29) is 5.91 Å². The van der Waals surface area contributed by atoms with Gasteiger partial charge in [0, 0.05) is 32.3 Å². The van der Waals surface area contributed by atoms with Gasteiger partial charge in [0.2, 0.25) is 5.91 Å². The predicted octanol–water partition coefficient (Wildman–Crippen LogP) is 2.23. The lowest BCUT2D eigenvalue weighted by Crippen LogP contribution is -2.42. The Morgan fingerprint density at radius 2 is 2.18 bits per heavy atom. The number of hydrogen-bond acceptors (Lipinski definition) is 4. The van der Waals surface area contributed by atoms with Gasteiger partial charge in [-0.1, -0.05) is 19.3 Å². The highest BCUT2D eigenvalue weighted by Gasteiger charge is 2.24. The number of H-pyrrole nitrogens is 1. The molecule has 0 saturated heterocycles.